The number of hydrogen-bond acceptors (Lipinski definition) is 10. The average molecular weight is 889 g/mol. The third kappa shape index (κ3) is 11.1. The first-order chi connectivity index (χ1) is 28.8. The average Bonchev–Trinajstić information content (AvgIpc) is 4.08. The van der Waals surface area contributed by atoms with Crippen LogP contribution in [0, 0.1) is 11.8 Å². The molecule has 1 amide bonds. The van der Waals surface area contributed by atoms with Crippen LogP contribution in [-0.4, -0.2) is 76.7 Å². The summed E-state index contributed by atoms with van der Waals surface area (Å²) in [5.74, 6) is -2.10. The van der Waals surface area contributed by atoms with Gasteiger partial charge in [-0.25, -0.2) is 18.2 Å². The number of carbonyl (C=O) groups excluding carboxylic acids is 3. The molecule has 0 spiro atoms. The molecular weight excluding hydrogens is 845 g/mol. The third-order valence-electron chi connectivity index (χ3n) is 10.7. The number of rotatable bonds is 18. The first-order valence-corrected chi connectivity index (χ1v) is 21.7. The van der Waals surface area contributed by atoms with Crippen LogP contribution in [0.1, 0.15) is 64.9 Å². The normalized spacial score (nSPS) is 19.6. The van der Waals surface area contributed by atoms with E-state index in [4.69, 9.17) is 37.4 Å². The number of ether oxygens (including phenoxy) is 4. The monoisotopic (exact) mass is 887 g/mol. The van der Waals surface area contributed by atoms with Crippen molar-refractivity contribution >= 4 is 51.1 Å². The Bertz CT molecular complexity index is 2280. The topological polar surface area (TPSA) is 164 Å². The van der Waals surface area contributed by atoms with E-state index in [1.807, 2.05) is 0 Å². The first kappa shape index (κ1) is 43.2. The molecule has 3 aromatic carbocycles. The molecule has 1 aromatic heterocycles. The quantitative estimate of drug-likeness (QED) is 0.112. The van der Waals surface area contributed by atoms with Crippen molar-refractivity contribution < 1.29 is 55.5 Å². The number of alkyl halides is 2. The number of halogens is 4. The zero-order valence-corrected chi connectivity index (χ0v) is 34.5. The smallest absolute Gasteiger partial charge is 0.387 e. The number of amides is 1. The summed E-state index contributed by atoms with van der Waals surface area (Å²) >= 11 is 12.9. The minimum Gasteiger partial charge on any atom is -0.489 e. The third-order valence-corrected chi connectivity index (χ3v) is 12.8. The minimum atomic E-state index is -4.41. The zero-order chi connectivity index (χ0) is 42.4. The molecule has 8 rings (SSSR count). The van der Waals surface area contributed by atoms with Crippen molar-refractivity contribution in [3.8, 4) is 11.5 Å². The van der Waals surface area contributed by atoms with Gasteiger partial charge in [0.25, 0.3) is 5.91 Å². The van der Waals surface area contributed by atoms with Crippen LogP contribution in [0.5, 0.6) is 11.5 Å². The molecule has 18 heteroatoms. The van der Waals surface area contributed by atoms with Crippen LogP contribution in [0.15, 0.2) is 90.1 Å². The van der Waals surface area contributed by atoms with Crippen molar-refractivity contribution in [2.24, 2.45) is 11.8 Å². The van der Waals surface area contributed by atoms with Gasteiger partial charge in [0.05, 0.1) is 11.5 Å². The van der Waals surface area contributed by atoms with Crippen LogP contribution in [0.2, 0.25) is 10.0 Å². The van der Waals surface area contributed by atoms with E-state index in [1.54, 1.807) is 30.3 Å². The molecule has 318 valence electrons. The Balaban J connectivity index is 1.04. The summed E-state index contributed by atoms with van der Waals surface area (Å²) in [5, 5.41) is 2.94. The summed E-state index contributed by atoms with van der Waals surface area (Å²) in [6.45, 7) is -1.01. The van der Waals surface area contributed by atoms with E-state index in [9.17, 15) is 31.6 Å². The molecule has 3 N–H and O–H groups in total. The number of hydrogen-bond donors (Lipinski definition) is 2. The largest absolute Gasteiger partial charge is 0.489 e. The van der Waals surface area contributed by atoms with E-state index < -0.39 is 53.2 Å². The van der Waals surface area contributed by atoms with Gasteiger partial charge >= 0.3 is 18.6 Å². The van der Waals surface area contributed by atoms with Crippen LogP contribution in [-0.2, 0) is 35.5 Å². The van der Waals surface area contributed by atoms with Crippen LogP contribution < -0.4 is 24.5 Å². The first-order valence-electron chi connectivity index (χ1n) is 19.5. The maximum absolute atomic E-state index is 13.8. The van der Waals surface area contributed by atoms with Gasteiger partial charge in [-0.15, -0.1) is 0 Å². The van der Waals surface area contributed by atoms with Gasteiger partial charge < -0.3 is 24.3 Å². The zero-order valence-electron chi connectivity index (χ0n) is 32.2. The Labute approximate surface area is 355 Å². The number of fused-ring (bicyclic) bond motifs is 3. The highest BCUT2D eigenvalue weighted by Gasteiger charge is 2.39. The second-order valence-electron chi connectivity index (χ2n) is 14.9. The highest BCUT2D eigenvalue weighted by Crippen LogP contribution is 2.38. The van der Waals surface area contributed by atoms with Gasteiger partial charge in [0.15, 0.2) is 23.9 Å². The molecule has 3 atom stereocenters. The maximum Gasteiger partial charge on any atom is 0.387 e. The Morgan fingerprint density at radius 3 is 2.28 bits per heavy atom. The number of H-pyrrole nitrogens is 1. The number of esters is 2. The Morgan fingerprint density at radius 2 is 1.62 bits per heavy atom. The molecule has 60 heavy (non-hydrogen) atoms. The molecule has 1 aliphatic carbocycles. The molecule has 4 fully saturated rings. The molecule has 3 saturated heterocycles. The molecule has 4 aromatic rings. The summed E-state index contributed by atoms with van der Waals surface area (Å²) < 4.78 is 78.8. The molecule has 13 nitrogen and oxygen atoms in total. The van der Waals surface area contributed by atoms with E-state index in [0.29, 0.717) is 23.2 Å². The van der Waals surface area contributed by atoms with Gasteiger partial charge in [0.2, 0.25) is 10.0 Å². The van der Waals surface area contributed by atoms with Crippen molar-refractivity contribution in [2.45, 2.75) is 61.9 Å². The number of nitrogens with zero attached hydrogens (tertiary/aromatic N) is 1. The standard InChI is InChI=1S/C42H42Cl2F2N4O9S/c43-32-20-47-21-33(44)31(32)19-35(28-11-12-34(59-42(45)46)36(18-28)56-24-25-9-10-25)57-38(51)22-48-40(52)29-7-4-8-30(17-29)60(54,55)49-39(27-5-2-1-3-6-27)41(53)58-37-23-50-15-13-26(37)14-16-50/h1-8,11-12,17-18,20-21,25-26,35,37,39,42,49H,9-10,13-16,19,22-24H2,(H,48,52)/p+1/t35-,37-,39?/m0/s1. The minimum absolute atomic E-state index is 0.0261. The van der Waals surface area contributed by atoms with Gasteiger partial charge in [0, 0.05) is 24.1 Å². The second kappa shape index (κ2) is 19.2. The summed E-state index contributed by atoms with van der Waals surface area (Å²) in [5.41, 5.74) is 1.04. The number of aromatic nitrogens is 1. The van der Waals surface area contributed by atoms with Gasteiger partial charge in [-0.05, 0) is 92.1 Å². The maximum atomic E-state index is 13.8. The molecule has 4 aliphatic rings. The summed E-state index contributed by atoms with van der Waals surface area (Å²) in [6, 6.07) is 16.3. The van der Waals surface area contributed by atoms with E-state index in [-0.39, 0.29) is 63.0 Å². The van der Waals surface area contributed by atoms with Gasteiger partial charge in [0.1, 0.15) is 34.8 Å². The van der Waals surface area contributed by atoms with Gasteiger partial charge in [-0.1, -0.05) is 65.7 Å². The molecule has 1 unspecified atom stereocenters. The molecular formula is C42H43Cl2F2N4O9S+. The lowest BCUT2D eigenvalue weighted by Crippen LogP contribution is -2.52. The van der Waals surface area contributed by atoms with E-state index in [2.05, 4.69) is 24.7 Å². The lowest BCUT2D eigenvalue weighted by molar-refractivity contribution is -0.377. The second-order valence-corrected chi connectivity index (χ2v) is 17.5. The Kier molecular flexibility index (Phi) is 13.9. The number of carbonyl (C=O) groups is 3. The fourth-order valence-electron chi connectivity index (χ4n) is 7.25. The van der Waals surface area contributed by atoms with Crippen molar-refractivity contribution in [1.82, 2.24) is 14.9 Å². The molecule has 1 saturated carbocycles. The van der Waals surface area contributed by atoms with Gasteiger partial charge in [-0.2, -0.15) is 13.5 Å². The summed E-state index contributed by atoms with van der Waals surface area (Å²) in [4.78, 5) is 45.1. The SMILES string of the molecule is O=C(CNC(=O)c1cccc(S(=O)(=O)NC(C(=O)O[C@H]2CN3CCC2CC3)c2ccccc2)c1)O[C@@H](Cc1c(Cl)c[nH+]cc1Cl)c1ccc(OC(F)F)c(OCC2CC2)c1. The number of aromatic amines is 1. The number of pyridine rings is 1. The van der Waals surface area contributed by atoms with Crippen LogP contribution in [0.4, 0.5) is 8.78 Å². The van der Waals surface area contributed by atoms with Crippen molar-refractivity contribution in [3.05, 3.63) is 117 Å². The number of piperidine rings is 3. The van der Waals surface area contributed by atoms with Crippen LogP contribution >= 0.6 is 23.2 Å². The van der Waals surface area contributed by atoms with Crippen molar-refractivity contribution in [2.75, 3.05) is 32.8 Å². The van der Waals surface area contributed by atoms with Crippen LogP contribution in [0.3, 0.4) is 0 Å². The highest BCUT2D eigenvalue weighted by atomic mass is 35.5. The summed E-state index contributed by atoms with van der Waals surface area (Å²) in [7, 11) is -4.41. The predicted octanol–water partition coefficient (Wildman–Crippen LogP) is 6.11. The molecule has 3 aliphatic heterocycles. The van der Waals surface area contributed by atoms with Crippen molar-refractivity contribution in [1.29, 1.82) is 0 Å². The Morgan fingerprint density at radius 1 is 0.883 bits per heavy atom. The molecule has 2 bridgehead atoms. The molecule has 4 heterocycles. The van der Waals surface area contributed by atoms with Crippen LogP contribution in [0.25, 0.3) is 0 Å². The van der Waals surface area contributed by atoms with E-state index in [0.717, 1.165) is 44.8 Å². The Hall–Kier alpha value is -4.87. The lowest BCUT2D eigenvalue weighted by Gasteiger charge is -2.44. The lowest BCUT2D eigenvalue weighted by atomic mass is 9.86. The van der Waals surface area contributed by atoms with E-state index in [1.165, 1.54) is 48.8 Å². The number of benzene rings is 3. The fraction of sp³-hybridized carbons (Fsp3) is 0.381. The van der Waals surface area contributed by atoms with Crippen molar-refractivity contribution in [3.63, 3.8) is 0 Å². The van der Waals surface area contributed by atoms with E-state index >= 15 is 0 Å². The highest BCUT2D eigenvalue weighted by molar-refractivity contribution is 7.89. The fourth-order valence-corrected chi connectivity index (χ4v) is 9.00. The predicted molar refractivity (Wildman–Crippen MR) is 214 cm³/mol. The number of sulfonamides is 1. The summed E-state index contributed by atoms with van der Waals surface area (Å²) in [6.07, 6.45) is 5.17. The van der Waals surface area contributed by atoms with Gasteiger partial charge in [-0.3, -0.25) is 14.5 Å². The number of nitrogens with one attached hydrogen (secondary N) is 3. The molecule has 0 radical (unpaired) electrons.